The van der Waals surface area contributed by atoms with Crippen LogP contribution in [-0.4, -0.2) is 49.0 Å². The van der Waals surface area contributed by atoms with Gasteiger partial charge in [-0.3, -0.25) is 4.79 Å². The van der Waals surface area contributed by atoms with Crippen LogP contribution in [0.5, 0.6) is 0 Å². The van der Waals surface area contributed by atoms with Crippen LogP contribution < -0.4 is 10.6 Å². The van der Waals surface area contributed by atoms with Gasteiger partial charge in [0.2, 0.25) is 5.91 Å². The van der Waals surface area contributed by atoms with Crippen molar-refractivity contribution in [1.29, 1.82) is 0 Å². The molecule has 3 unspecified atom stereocenters. The topological polar surface area (TPSA) is 70.6 Å². The maximum absolute atomic E-state index is 11.8. The lowest BCUT2D eigenvalue weighted by Crippen LogP contribution is -2.54. The van der Waals surface area contributed by atoms with Gasteiger partial charge in [-0.05, 0) is 25.7 Å². The molecule has 5 nitrogen and oxygen atoms in total. The summed E-state index contributed by atoms with van der Waals surface area (Å²) in [5, 5.41) is 15.6. The molecule has 1 amide bonds. The molecule has 1 aliphatic carbocycles. The van der Waals surface area contributed by atoms with Crippen LogP contribution in [0.1, 0.15) is 25.7 Å². The van der Waals surface area contributed by atoms with Crippen LogP contribution in [0.15, 0.2) is 0 Å². The van der Waals surface area contributed by atoms with Crippen molar-refractivity contribution in [3.05, 3.63) is 0 Å². The van der Waals surface area contributed by atoms with Crippen LogP contribution in [-0.2, 0) is 9.53 Å². The number of carbonyl (C=O) groups excluding carboxylic acids is 1. The molecule has 5 heteroatoms. The number of hydrogen-bond donors (Lipinski definition) is 3. The van der Waals surface area contributed by atoms with Crippen molar-refractivity contribution < 1.29 is 14.6 Å². The van der Waals surface area contributed by atoms with Gasteiger partial charge in [0.05, 0.1) is 19.3 Å². The summed E-state index contributed by atoms with van der Waals surface area (Å²) in [6.07, 6.45) is 3.24. The Kier molecular flexibility index (Phi) is 4.15. The Morgan fingerprint density at radius 2 is 2.31 bits per heavy atom. The molecule has 2 rings (SSSR count). The molecule has 0 spiro atoms. The molecular formula is C11H20N2O3. The van der Waals surface area contributed by atoms with Crippen molar-refractivity contribution in [2.45, 2.75) is 43.9 Å². The average Bonchev–Trinajstić information content (AvgIpc) is 2.30. The number of amides is 1. The first-order chi connectivity index (χ1) is 7.75. The number of hydrogen-bond acceptors (Lipinski definition) is 4. The molecule has 0 radical (unpaired) electrons. The molecule has 1 aliphatic heterocycles. The third-order valence-corrected chi connectivity index (χ3v) is 3.23. The Labute approximate surface area is 95.5 Å². The fourth-order valence-corrected chi connectivity index (χ4v) is 2.33. The van der Waals surface area contributed by atoms with E-state index in [1.54, 1.807) is 0 Å². The normalized spacial score (nSPS) is 35.7. The molecule has 16 heavy (non-hydrogen) atoms. The highest BCUT2D eigenvalue weighted by molar-refractivity contribution is 5.82. The van der Waals surface area contributed by atoms with Crippen LogP contribution in [0.25, 0.3) is 0 Å². The van der Waals surface area contributed by atoms with Crippen LogP contribution in [0, 0.1) is 0 Å². The number of aliphatic hydroxyl groups is 1. The first-order valence-electron chi connectivity index (χ1n) is 6.05. The van der Waals surface area contributed by atoms with Gasteiger partial charge in [-0.1, -0.05) is 0 Å². The zero-order chi connectivity index (χ0) is 11.4. The lowest BCUT2D eigenvalue weighted by molar-refractivity contribution is -0.127. The summed E-state index contributed by atoms with van der Waals surface area (Å²) in [5.74, 6) is -0.00111. The van der Waals surface area contributed by atoms with E-state index in [9.17, 15) is 9.90 Å². The molecule has 0 aromatic carbocycles. The fourth-order valence-electron chi connectivity index (χ4n) is 2.33. The highest BCUT2D eigenvalue weighted by Gasteiger charge is 2.26. The lowest BCUT2D eigenvalue weighted by Gasteiger charge is -2.29. The van der Waals surface area contributed by atoms with E-state index in [1.165, 1.54) is 0 Å². The van der Waals surface area contributed by atoms with Crippen molar-refractivity contribution >= 4 is 5.91 Å². The fraction of sp³-hybridized carbons (Fsp3) is 0.909. The van der Waals surface area contributed by atoms with Gasteiger partial charge in [0, 0.05) is 12.6 Å². The average molecular weight is 228 g/mol. The monoisotopic (exact) mass is 228 g/mol. The van der Waals surface area contributed by atoms with Crippen molar-refractivity contribution in [2.24, 2.45) is 0 Å². The predicted octanol–water partition coefficient (Wildman–Crippen LogP) is -0.605. The molecular weight excluding hydrogens is 208 g/mol. The first-order valence-corrected chi connectivity index (χ1v) is 6.05. The van der Waals surface area contributed by atoms with Gasteiger partial charge in [-0.2, -0.15) is 0 Å². The Bertz CT molecular complexity index is 241. The van der Waals surface area contributed by atoms with Crippen LogP contribution in [0.2, 0.25) is 0 Å². The SMILES string of the molecule is O=C(NC1CCCC(O)C1)C1COCCN1. The second-order valence-electron chi connectivity index (χ2n) is 4.61. The summed E-state index contributed by atoms with van der Waals surface area (Å²) in [7, 11) is 0. The maximum Gasteiger partial charge on any atom is 0.239 e. The third kappa shape index (κ3) is 3.17. The summed E-state index contributed by atoms with van der Waals surface area (Å²) in [5.41, 5.74) is 0. The van der Waals surface area contributed by atoms with E-state index in [2.05, 4.69) is 10.6 Å². The summed E-state index contributed by atoms with van der Waals surface area (Å²) in [6, 6.07) is -0.104. The lowest BCUT2D eigenvalue weighted by atomic mass is 9.93. The highest BCUT2D eigenvalue weighted by Crippen LogP contribution is 2.18. The molecule has 0 aromatic heterocycles. The Morgan fingerprint density at radius 1 is 1.44 bits per heavy atom. The number of aliphatic hydroxyl groups excluding tert-OH is 1. The Morgan fingerprint density at radius 3 is 3.00 bits per heavy atom. The van der Waals surface area contributed by atoms with Crippen LogP contribution in [0.3, 0.4) is 0 Å². The molecule has 2 aliphatic rings. The van der Waals surface area contributed by atoms with Gasteiger partial charge in [-0.25, -0.2) is 0 Å². The van der Waals surface area contributed by atoms with Crippen molar-refractivity contribution in [2.75, 3.05) is 19.8 Å². The van der Waals surface area contributed by atoms with E-state index in [0.717, 1.165) is 25.8 Å². The number of rotatable bonds is 2. The van der Waals surface area contributed by atoms with Crippen molar-refractivity contribution in [1.82, 2.24) is 10.6 Å². The van der Waals surface area contributed by atoms with E-state index >= 15 is 0 Å². The molecule has 3 N–H and O–H groups in total. The molecule has 0 aromatic rings. The number of nitrogens with one attached hydrogen (secondary N) is 2. The van der Waals surface area contributed by atoms with E-state index in [0.29, 0.717) is 19.6 Å². The zero-order valence-electron chi connectivity index (χ0n) is 9.45. The van der Waals surface area contributed by atoms with E-state index in [-0.39, 0.29) is 24.1 Å². The largest absolute Gasteiger partial charge is 0.393 e. The minimum absolute atomic E-state index is 0.00111. The molecule has 92 valence electrons. The van der Waals surface area contributed by atoms with E-state index in [1.807, 2.05) is 0 Å². The second kappa shape index (κ2) is 5.61. The molecule has 1 heterocycles. The molecule has 0 bridgehead atoms. The van der Waals surface area contributed by atoms with E-state index < -0.39 is 0 Å². The molecule has 1 saturated carbocycles. The van der Waals surface area contributed by atoms with E-state index in [4.69, 9.17) is 4.74 Å². The van der Waals surface area contributed by atoms with Crippen LogP contribution >= 0.6 is 0 Å². The van der Waals surface area contributed by atoms with Gasteiger partial charge in [0.1, 0.15) is 6.04 Å². The number of carbonyl (C=O) groups is 1. The van der Waals surface area contributed by atoms with Gasteiger partial charge in [0.25, 0.3) is 0 Å². The van der Waals surface area contributed by atoms with Gasteiger partial charge >= 0.3 is 0 Å². The Balaban J connectivity index is 1.77. The van der Waals surface area contributed by atoms with Crippen molar-refractivity contribution in [3.8, 4) is 0 Å². The smallest absolute Gasteiger partial charge is 0.239 e. The minimum atomic E-state index is -0.255. The zero-order valence-corrected chi connectivity index (χ0v) is 9.45. The number of ether oxygens (including phenoxy) is 1. The van der Waals surface area contributed by atoms with Crippen LogP contribution in [0.4, 0.5) is 0 Å². The van der Waals surface area contributed by atoms with Gasteiger partial charge < -0.3 is 20.5 Å². The summed E-state index contributed by atoms with van der Waals surface area (Å²) >= 11 is 0. The highest BCUT2D eigenvalue weighted by atomic mass is 16.5. The summed E-state index contributed by atoms with van der Waals surface area (Å²) < 4.78 is 5.24. The Hall–Kier alpha value is -0.650. The number of morpholine rings is 1. The molecule has 2 fully saturated rings. The van der Waals surface area contributed by atoms with Gasteiger partial charge in [0.15, 0.2) is 0 Å². The molecule has 3 atom stereocenters. The molecule has 1 saturated heterocycles. The third-order valence-electron chi connectivity index (χ3n) is 3.23. The maximum atomic E-state index is 11.8. The van der Waals surface area contributed by atoms with Crippen molar-refractivity contribution in [3.63, 3.8) is 0 Å². The van der Waals surface area contributed by atoms with Gasteiger partial charge in [-0.15, -0.1) is 0 Å². The second-order valence-corrected chi connectivity index (χ2v) is 4.61. The standard InChI is InChI=1S/C11H20N2O3/c14-9-3-1-2-8(6-9)13-11(15)10-7-16-5-4-12-10/h8-10,12,14H,1-7H2,(H,13,15). The first kappa shape index (κ1) is 11.8. The quantitative estimate of drug-likeness (QED) is 0.590. The predicted molar refractivity (Wildman–Crippen MR) is 59.0 cm³/mol. The minimum Gasteiger partial charge on any atom is -0.393 e. The summed E-state index contributed by atoms with van der Waals surface area (Å²) in [6.45, 7) is 1.85. The summed E-state index contributed by atoms with van der Waals surface area (Å²) in [4.78, 5) is 11.8.